The van der Waals surface area contributed by atoms with E-state index in [-0.39, 0.29) is 6.04 Å². The summed E-state index contributed by atoms with van der Waals surface area (Å²) < 4.78 is 3.76. The van der Waals surface area contributed by atoms with E-state index < -0.39 is 0 Å². The van der Waals surface area contributed by atoms with Crippen molar-refractivity contribution in [2.75, 3.05) is 0 Å². The van der Waals surface area contributed by atoms with Gasteiger partial charge in [0.05, 0.1) is 18.6 Å². The van der Waals surface area contributed by atoms with E-state index in [1.807, 2.05) is 24.1 Å². The van der Waals surface area contributed by atoms with E-state index >= 15 is 0 Å². The summed E-state index contributed by atoms with van der Waals surface area (Å²) in [5.74, 6) is 0.911. The van der Waals surface area contributed by atoms with Gasteiger partial charge in [0.25, 0.3) is 0 Å². The molecule has 2 N–H and O–H groups in total. The second-order valence-electron chi connectivity index (χ2n) is 4.21. The van der Waals surface area contributed by atoms with Crippen molar-refractivity contribution in [1.29, 1.82) is 0 Å². The first-order chi connectivity index (χ1) is 8.19. The van der Waals surface area contributed by atoms with Gasteiger partial charge in [-0.3, -0.25) is 4.68 Å². The Morgan fingerprint density at radius 2 is 2.24 bits per heavy atom. The molecule has 17 heavy (non-hydrogen) atoms. The molecular weight excluding hydrogens is 216 g/mol. The predicted molar refractivity (Wildman–Crippen MR) is 64.3 cm³/mol. The number of nitrogens with zero attached hydrogens (tertiary/aromatic N) is 5. The van der Waals surface area contributed by atoms with Gasteiger partial charge < -0.3 is 10.3 Å². The standard InChI is InChI=1S/C11H18N6/c1-3-9(12)4-10-5-17(8-14-10)6-11-13-7-15-16(11)2/h5,7-9H,3-4,6,12H2,1-2H3. The average molecular weight is 234 g/mol. The molecule has 0 fully saturated rings. The zero-order chi connectivity index (χ0) is 12.3. The molecule has 0 radical (unpaired) electrons. The summed E-state index contributed by atoms with van der Waals surface area (Å²) in [5, 5.41) is 4.03. The van der Waals surface area contributed by atoms with Crippen molar-refractivity contribution in [3.8, 4) is 0 Å². The fourth-order valence-electron chi connectivity index (χ4n) is 1.64. The number of imidazole rings is 1. The largest absolute Gasteiger partial charge is 0.330 e. The van der Waals surface area contributed by atoms with Crippen LogP contribution in [-0.4, -0.2) is 30.4 Å². The van der Waals surface area contributed by atoms with Gasteiger partial charge in [-0.15, -0.1) is 0 Å². The highest BCUT2D eigenvalue weighted by Gasteiger charge is 2.06. The predicted octanol–water partition coefficient (Wildman–Crippen LogP) is 0.340. The fraction of sp³-hybridized carbons (Fsp3) is 0.545. The van der Waals surface area contributed by atoms with Gasteiger partial charge >= 0.3 is 0 Å². The second-order valence-corrected chi connectivity index (χ2v) is 4.21. The molecular formula is C11H18N6. The Labute approximate surface area is 100 Å². The minimum atomic E-state index is 0.188. The molecule has 0 saturated heterocycles. The molecule has 0 bridgehead atoms. The number of rotatable bonds is 5. The lowest BCUT2D eigenvalue weighted by atomic mass is 10.1. The van der Waals surface area contributed by atoms with Crippen molar-refractivity contribution >= 4 is 0 Å². The Hall–Kier alpha value is -1.69. The van der Waals surface area contributed by atoms with Crippen LogP contribution in [0, 0.1) is 0 Å². The SMILES string of the molecule is CCC(N)Cc1cn(Cc2ncnn2C)cn1. The molecule has 0 aliphatic rings. The number of aromatic nitrogens is 5. The van der Waals surface area contributed by atoms with E-state index in [0.29, 0.717) is 6.54 Å². The Morgan fingerprint density at radius 3 is 2.88 bits per heavy atom. The Morgan fingerprint density at radius 1 is 1.41 bits per heavy atom. The van der Waals surface area contributed by atoms with Crippen molar-refractivity contribution < 1.29 is 0 Å². The van der Waals surface area contributed by atoms with Crippen LogP contribution in [0.25, 0.3) is 0 Å². The van der Waals surface area contributed by atoms with Crippen molar-refractivity contribution in [2.45, 2.75) is 32.4 Å². The molecule has 0 aromatic carbocycles. The fourth-order valence-corrected chi connectivity index (χ4v) is 1.64. The summed E-state index contributed by atoms with van der Waals surface area (Å²) >= 11 is 0. The molecule has 0 spiro atoms. The molecule has 1 unspecified atom stereocenters. The lowest BCUT2D eigenvalue weighted by Gasteiger charge is -2.04. The molecule has 6 heteroatoms. The maximum atomic E-state index is 5.90. The first-order valence-corrected chi connectivity index (χ1v) is 5.78. The van der Waals surface area contributed by atoms with E-state index in [4.69, 9.17) is 5.73 Å². The van der Waals surface area contributed by atoms with Crippen LogP contribution in [0.5, 0.6) is 0 Å². The quantitative estimate of drug-likeness (QED) is 0.809. The van der Waals surface area contributed by atoms with Gasteiger partial charge in [-0.2, -0.15) is 5.10 Å². The second kappa shape index (κ2) is 5.09. The van der Waals surface area contributed by atoms with Crippen molar-refractivity contribution in [1.82, 2.24) is 24.3 Å². The van der Waals surface area contributed by atoms with E-state index in [9.17, 15) is 0 Å². The summed E-state index contributed by atoms with van der Waals surface area (Å²) in [7, 11) is 1.88. The van der Waals surface area contributed by atoms with Crippen LogP contribution in [0.2, 0.25) is 0 Å². The monoisotopic (exact) mass is 234 g/mol. The highest BCUT2D eigenvalue weighted by atomic mass is 15.3. The summed E-state index contributed by atoms with van der Waals surface area (Å²) in [6.45, 7) is 2.77. The molecule has 2 rings (SSSR count). The summed E-state index contributed by atoms with van der Waals surface area (Å²) in [5.41, 5.74) is 6.93. The summed E-state index contributed by atoms with van der Waals surface area (Å²) in [4.78, 5) is 8.52. The van der Waals surface area contributed by atoms with E-state index in [1.54, 1.807) is 11.0 Å². The summed E-state index contributed by atoms with van der Waals surface area (Å²) in [6.07, 6.45) is 7.18. The van der Waals surface area contributed by atoms with Gasteiger partial charge in [-0.25, -0.2) is 9.97 Å². The number of nitrogens with two attached hydrogens (primary N) is 1. The average Bonchev–Trinajstić information content (AvgIpc) is 2.90. The smallest absolute Gasteiger partial charge is 0.146 e. The maximum Gasteiger partial charge on any atom is 0.146 e. The third-order valence-electron chi connectivity index (χ3n) is 2.81. The van der Waals surface area contributed by atoms with Gasteiger partial charge in [-0.05, 0) is 6.42 Å². The Bertz CT molecular complexity index is 472. The van der Waals surface area contributed by atoms with Crippen LogP contribution in [0.1, 0.15) is 24.9 Å². The first-order valence-electron chi connectivity index (χ1n) is 5.78. The van der Waals surface area contributed by atoms with Gasteiger partial charge in [0.1, 0.15) is 12.2 Å². The van der Waals surface area contributed by atoms with Gasteiger partial charge in [0.15, 0.2) is 0 Å². The molecule has 6 nitrogen and oxygen atoms in total. The van der Waals surface area contributed by atoms with Crippen molar-refractivity contribution in [3.63, 3.8) is 0 Å². The van der Waals surface area contributed by atoms with Crippen LogP contribution < -0.4 is 5.73 Å². The zero-order valence-electron chi connectivity index (χ0n) is 10.2. The topological polar surface area (TPSA) is 74.6 Å². The van der Waals surface area contributed by atoms with Crippen LogP contribution in [-0.2, 0) is 20.0 Å². The van der Waals surface area contributed by atoms with Crippen molar-refractivity contribution in [3.05, 3.63) is 30.4 Å². The van der Waals surface area contributed by atoms with Crippen LogP contribution in [0.4, 0.5) is 0 Å². The minimum absolute atomic E-state index is 0.188. The molecule has 1 atom stereocenters. The first kappa shape index (κ1) is 11.8. The van der Waals surface area contributed by atoms with Crippen LogP contribution in [0.15, 0.2) is 18.9 Å². The molecule has 0 amide bonds. The molecule has 0 aliphatic heterocycles. The van der Waals surface area contributed by atoms with Gasteiger partial charge in [-0.1, -0.05) is 6.92 Å². The maximum absolute atomic E-state index is 5.90. The van der Waals surface area contributed by atoms with E-state index in [1.165, 1.54) is 0 Å². The zero-order valence-corrected chi connectivity index (χ0v) is 10.2. The number of hydrogen-bond donors (Lipinski definition) is 1. The van der Waals surface area contributed by atoms with Gasteiger partial charge in [0.2, 0.25) is 0 Å². The van der Waals surface area contributed by atoms with Crippen molar-refractivity contribution in [2.24, 2.45) is 12.8 Å². The third-order valence-corrected chi connectivity index (χ3v) is 2.81. The molecule has 0 saturated carbocycles. The Balaban J connectivity index is 2.01. The normalized spacial score (nSPS) is 12.9. The number of hydrogen-bond acceptors (Lipinski definition) is 4. The lowest BCUT2D eigenvalue weighted by Crippen LogP contribution is -2.21. The van der Waals surface area contributed by atoms with Crippen LogP contribution in [0.3, 0.4) is 0 Å². The minimum Gasteiger partial charge on any atom is -0.330 e. The molecule has 92 valence electrons. The van der Waals surface area contributed by atoms with E-state index in [0.717, 1.165) is 24.4 Å². The molecule has 0 aliphatic carbocycles. The molecule has 2 heterocycles. The molecule has 2 aromatic rings. The highest BCUT2D eigenvalue weighted by Crippen LogP contribution is 2.04. The van der Waals surface area contributed by atoms with E-state index in [2.05, 4.69) is 22.0 Å². The van der Waals surface area contributed by atoms with Crippen LogP contribution >= 0.6 is 0 Å². The number of aryl methyl sites for hydroxylation is 1. The molecule has 2 aromatic heterocycles. The summed E-state index contributed by atoms with van der Waals surface area (Å²) in [6, 6.07) is 0.188. The lowest BCUT2D eigenvalue weighted by molar-refractivity contribution is 0.635. The third kappa shape index (κ3) is 2.91. The highest BCUT2D eigenvalue weighted by molar-refractivity contribution is 5.01. The van der Waals surface area contributed by atoms with Gasteiger partial charge in [0, 0.05) is 25.7 Å². The Kier molecular flexibility index (Phi) is 3.53.